The number of nitrogens with zero attached hydrogens (tertiary/aromatic N) is 8. The van der Waals surface area contributed by atoms with Crippen molar-refractivity contribution >= 4 is 109 Å². The minimum absolute atomic E-state index is 0.0757. The minimum Gasteiger partial charge on any atom is -0.443 e. The number of carbonyl (C=O) groups excluding carboxylic acids is 4. The fourth-order valence-corrected chi connectivity index (χ4v) is 16.7. The van der Waals surface area contributed by atoms with Crippen molar-refractivity contribution in [1.29, 1.82) is 0 Å². The monoisotopic (exact) mass is 1720 g/mol. The van der Waals surface area contributed by atoms with E-state index in [1.54, 1.807) is 42.0 Å². The van der Waals surface area contributed by atoms with Crippen molar-refractivity contribution in [3.8, 4) is 22.8 Å². The molecule has 5 N–H and O–H groups in total. The number of nitrogens with one attached hydrogen (secondary N) is 3. The van der Waals surface area contributed by atoms with E-state index >= 15 is 0 Å². The molecule has 3 aromatic carbocycles. The van der Waals surface area contributed by atoms with Crippen molar-refractivity contribution in [2.24, 2.45) is 0 Å². The Hall–Kier alpha value is -7.93. The van der Waals surface area contributed by atoms with E-state index < -0.39 is 52.3 Å². The summed E-state index contributed by atoms with van der Waals surface area (Å²) >= 11 is 2.19. The average Bonchev–Trinajstić information content (AvgIpc) is 1.62. The van der Waals surface area contributed by atoms with E-state index in [0.29, 0.717) is 18.7 Å². The third kappa shape index (κ3) is 22.3. The molecule has 27 heteroatoms. The highest BCUT2D eigenvalue weighted by atomic mass is 127. The van der Waals surface area contributed by atoms with Crippen molar-refractivity contribution in [3.63, 3.8) is 0 Å². The fourth-order valence-electron chi connectivity index (χ4n) is 14.0. The van der Waals surface area contributed by atoms with Gasteiger partial charge in [-0.05, 0) is 328 Å². The number of aromatic nitrogens is 11. The number of halogens is 1. The van der Waals surface area contributed by atoms with Crippen LogP contribution >= 0.6 is 22.6 Å². The number of ether oxygens (including phenoxy) is 4. The molecule has 0 radical (unpaired) electrons. The molecule has 115 heavy (non-hydrogen) atoms. The van der Waals surface area contributed by atoms with Crippen LogP contribution in [-0.2, 0) is 98.8 Å². The first-order valence-electron chi connectivity index (χ1n) is 41.0. The van der Waals surface area contributed by atoms with Gasteiger partial charge in [-0.2, -0.15) is 25.1 Å². The summed E-state index contributed by atoms with van der Waals surface area (Å²) in [6.07, 6.45) is 19.2. The summed E-state index contributed by atoms with van der Waals surface area (Å²) in [7, 11) is -5.53. The summed E-state index contributed by atoms with van der Waals surface area (Å²) in [6, 6.07) is 23.8. The van der Waals surface area contributed by atoms with Crippen molar-refractivity contribution in [3.05, 3.63) is 144 Å². The van der Waals surface area contributed by atoms with Crippen LogP contribution in [0, 0.1) is 3.70 Å². The van der Waals surface area contributed by atoms with Crippen molar-refractivity contribution in [2.45, 2.75) is 313 Å². The Morgan fingerprint density at radius 3 is 1.26 bits per heavy atom. The molecule has 0 unspecified atom stereocenters. The number of aryl methyl sites for hydroxylation is 5. The first kappa shape index (κ1) is 89.4. The predicted octanol–water partition coefficient (Wildman–Crippen LogP) is 20.5. The van der Waals surface area contributed by atoms with Crippen LogP contribution in [0.25, 0.3) is 55.5 Å². The van der Waals surface area contributed by atoms with Crippen LogP contribution in [0.1, 0.15) is 245 Å². The quantitative estimate of drug-likeness (QED) is 0.0483. The number of hydrogen-bond donors (Lipinski definition) is 5. The third-order valence-corrected chi connectivity index (χ3v) is 31.9. The summed E-state index contributed by atoms with van der Waals surface area (Å²) in [6.45, 7) is 47.7. The van der Waals surface area contributed by atoms with Gasteiger partial charge in [0.05, 0.1) is 58.6 Å². The van der Waals surface area contributed by atoms with Crippen LogP contribution in [0.3, 0.4) is 0 Å². The summed E-state index contributed by atoms with van der Waals surface area (Å²) in [5.41, 5.74) is 16.6. The van der Waals surface area contributed by atoms with Gasteiger partial charge in [-0.15, -0.1) is 0 Å². The maximum atomic E-state index is 13.4. The molecule has 0 fully saturated rings. The van der Waals surface area contributed by atoms with Gasteiger partial charge in [0, 0.05) is 49.9 Å². The van der Waals surface area contributed by atoms with Gasteiger partial charge in [-0.1, -0.05) is 66.7 Å². The molecule has 14 rings (SSSR count). The van der Waals surface area contributed by atoms with Crippen LogP contribution in [-0.4, -0.2) is 135 Å². The summed E-state index contributed by atoms with van der Waals surface area (Å²) in [5.74, 6) is 0. The van der Waals surface area contributed by atoms with E-state index in [1.807, 2.05) is 92.8 Å². The largest absolute Gasteiger partial charge is 0.506 e. The van der Waals surface area contributed by atoms with Gasteiger partial charge >= 0.3 is 31.5 Å². The number of benzene rings is 3. The Bertz CT molecular complexity index is 5090. The van der Waals surface area contributed by atoms with Gasteiger partial charge in [0.2, 0.25) is 0 Å². The first-order chi connectivity index (χ1) is 53.6. The Morgan fingerprint density at radius 2 is 0.835 bits per heavy atom. The molecule has 0 bridgehead atoms. The van der Waals surface area contributed by atoms with Gasteiger partial charge in [-0.25, -0.2) is 28.3 Å². The van der Waals surface area contributed by atoms with Gasteiger partial charge in [-0.3, -0.25) is 19.9 Å². The van der Waals surface area contributed by atoms with Crippen LogP contribution < -0.4 is 5.59 Å². The number of hydrogen-bond acceptors (Lipinski definition) is 16. The standard InChI is InChI=1S/C27H39N3O3Si.C22H27N3O2.C20H32BNO5Si.C12H17IN2O2.C7H10N2/c1-26(2,3)33-25(31)30-22-14-13-18(17-32-34(7,8)27(4,5)6)15-19(22)16-23(30)24-20-11-9-10-12-21(20)28-29-24;1-5-14-10-11-18-15(12-14)13-19(25(18)21(26)27-22(2,3)4)20-16-8-6-7-9-17(16)23-24-20;1-19(2,3)27-18(23)22-16-10-9-14(11-15(16)12-17(22)21(24)25)13-26-28(7,8)20(4,5)6;1-12(2,3)17-11(16)15-9-7-5-4-6-8(9)10(13)14-15;1-2-4-7-6(3-1)5-8-9-7/h13-16H,9-12,17H2,1-8H3,(H,28,29);10-13H,5-9H2,1-4H3,(H,23,24);9-12,24-25H,13H2,1-8H3;4-7H2,1-3H3;5H,1-4H2,(H,8,9). The number of fused-ring (bicyclic) bond motifs is 7. The highest BCUT2D eigenvalue weighted by Gasteiger charge is 2.39. The van der Waals surface area contributed by atoms with E-state index in [9.17, 15) is 29.2 Å². The van der Waals surface area contributed by atoms with Crippen LogP contribution in [0.2, 0.25) is 36.3 Å². The Kier molecular flexibility index (Phi) is 27.8. The van der Waals surface area contributed by atoms with E-state index in [2.05, 4.69) is 169 Å². The topological polar surface area (TPSA) is 283 Å². The second-order valence-corrected chi connectivity index (χ2v) is 48.6. The van der Waals surface area contributed by atoms with Crippen molar-refractivity contribution in [2.75, 3.05) is 0 Å². The van der Waals surface area contributed by atoms with E-state index in [-0.39, 0.29) is 33.9 Å². The Morgan fingerprint density at radius 1 is 0.461 bits per heavy atom. The molecular formula is C88H125BIN11O12Si2. The lowest BCUT2D eigenvalue weighted by molar-refractivity contribution is 0.0502. The lowest BCUT2D eigenvalue weighted by atomic mass is 9.86. The van der Waals surface area contributed by atoms with E-state index in [1.165, 1.54) is 99.1 Å². The Labute approximate surface area is 695 Å². The SMILES string of the molecule is CC(C)(C)OC(=O)n1c(-c2n[nH]c3c2CCCC3)cc2cc(CO[Si](C)(C)C(C)(C)C)ccc21.CC(C)(C)OC(=O)n1c(B(O)O)cc2cc(CO[Si](C)(C)C(C)(C)C)ccc21.CC(C)(C)OC(=O)n1nc(I)c2c1CCCC2.CCc1ccc2c(c1)cc(-c1n[nH]c3c1CCCC3)n2C(=O)OC(C)(C)C.c1n[nH]c2c1CCCC2. The molecule has 0 amide bonds. The molecule has 23 nitrogen and oxygen atoms in total. The molecule has 0 saturated heterocycles. The smallest absolute Gasteiger partial charge is 0.443 e. The second-order valence-electron chi connectivity index (χ2n) is 37.9. The summed E-state index contributed by atoms with van der Waals surface area (Å²) in [5, 5.41) is 49.4. The van der Waals surface area contributed by atoms with Crippen LogP contribution in [0.5, 0.6) is 0 Å². The number of carbonyl (C=O) groups is 4. The molecule has 4 aliphatic carbocycles. The molecule has 0 saturated carbocycles. The van der Waals surface area contributed by atoms with Gasteiger partial charge < -0.3 is 37.8 Å². The molecule has 0 aliphatic heterocycles. The van der Waals surface area contributed by atoms with Crippen molar-refractivity contribution < 1.29 is 57.0 Å². The lowest BCUT2D eigenvalue weighted by Crippen LogP contribution is -2.41. The normalized spacial score (nSPS) is 14.6. The van der Waals surface area contributed by atoms with Crippen LogP contribution in [0.4, 0.5) is 19.2 Å². The average molecular weight is 1720 g/mol. The summed E-state index contributed by atoms with van der Waals surface area (Å²) in [4.78, 5) is 51.1. The van der Waals surface area contributed by atoms with Crippen molar-refractivity contribution in [1.82, 2.24) is 54.1 Å². The maximum Gasteiger partial charge on any atom is 0.506 e. The minimum atomic E-state index is -1.88. The molecule has 7 aromatic heterocycles. The lowest BCUT2D eigenvalue weighted by Gasteiger charge is -2.36. The zero-order valence-electron chi connectivity index (χ0n) is 72.5. The van der Waals surface area contributed by atoms with Gasteiger partial charge in [0.1, 0.15) is 37.5 Å². The Balaban J connectivity index is 0.000000159. The molecule has 7 heterocycles. The molecular weight excluding hydrogens is 1600 g/mol. The molecule has 0 atom stereocenters. The highest BCUT2D eigenvalue weighted by molar-refractivity contribution is 14.1. The third-order valence-electron chi connectivity index (χ3n) is 22.1. The number of rotatable bonds is 10. The van der Waals surface area contributed by atoms with Gasteiger partial charge in [0.25, 0.3) is 0 Å². The molecule has 10 aromatic rings. The highest BCUT2D eigenvalue weighted by Crippen LogP contribution is 2.41. The number of aromatic amines is 3. The molecule has 622 valence electrons. The molecule has 0 spiro atoms. The zero-order valence-corrected chi connectivity index (χ0v) is 76.6. The summed E-state index contributed by atoms with van der Waals surface area (Å²) < 4.78 is 42.0. The van der Waals surface area contributed by atoms with Gasteiger partial charge in [0.15, 0.2) is 16.6 Å². The molecule has 4 aliphatic rings. The first-order valence-corrected chi connectivity index (χ1v) is 47.9. The zero-order chi connectivity index (χ0) is 84.3. The fraction of sp³-hybridized carbons (Fsp3) is 0.545. The van der Waals surface area contributed by atoms with Crippen LogP contribution in [0.15, 0.2) is 79.0 Å². The second kappa shape index (κ2) is 35.7. The maximum absolute atomic E-state index is 13.4. The van der Waals surface area contributed by atoms with E-state index in [4.69, 9.17) is 27.8 Å². The van der Waals surface area contributed by atoms with E-state index in [0.717, 1.165) is 135 Å². The number of H-pyrrole nitrogens is 3. The predicted molar refractivity (Wildman–Crippen MR) is 471 cm³/mol.